The van der Waals surface area contributed by atoms with Crippen molar-refractivity contribution in [3.8, 4) is 0 Å². The average Bonchev–Trinajstić information content (AvgIpc) is 2.44. The molecule has 4 heteroatoms. The van der Waals surface area contributed by atoms with Gasteiger partial charge in [-0.2, -0.15) is 0 Å². The van der Waals surface area contributed by atoms with E-state index in [9.17, 15) is 9.59 Å². The van der Waals surface area contributed by atoms with Crippen LogP contribution < -0.4 is 0 Å². The molecule has 102 valence electrons. The van der Waals surface area contributed by atoms with Gasteiger partial charge in [0.15, 0.2) is 0 Å². The molecule has 0 unspecified atom stereocenters. The molecule has 0 aromatic heterocycles. The van der Waals surface area contributed by atoms with Gasteiger partial charge in [-0.3, -0.25) is 0 Å². The van der Waals surface area contributed by atoms with Crippen LogP contribution in [0, 0.1) is 0 Å². The number of benzene rings is 2. The highest BCUT2D eigenvalue weighted by molar-refractivity contribution is 6.00. The van der Waals surface area contributed by atoms with Crippen LogP contribution >= 0.6 is 0 Å². The molecule has 4 nitrogen and oxygen atoms in total. The minimum absolute atomic E-state index is 0.187. The van der Waals surface area contributed by atoms with Crippen LogP contribution in [0.3, 0.4) is 0 Å². The average molecular weight is 270 g/mol. The standard InChI is InChI=1S/C16H14O4/c1-2-20-15(17)8-7-12-10-13(16(18)19)9-11-5-3-4-6-14(11)12/h3-10H,2H2,1H3,(H,18,19). The largest absolute Gasteiger partial charge is 0.478 e. The van der Waals surface area contributed by atoms with E-state index in [0.29, 0.717) is 12.2 Å². The van der Waals surface area contributed by atoms with E-state index in [-0.39, 0.29) is 5.56 Å². The fourth-order valence-corrected chi connectivity index (χ4v) is 1.95. The molecule has 0 saturated carbocycles. The van der Waals surface area contributed by atoms with Crippen LogP contribution in [0.2, 0.25) is 0 Å². The third-order valence-corrected chi connectivity index (χ3v) is 2.83. The maximum Gasteiger partial charge on any atom is 0.335 e. The lowest BCUT2D eigenvalue weighted by Gasteiger charge is -2.05. The SMILES string of the molecule is CCOC(=O)C=Cc1cc(C(=O)O)cc2ccccc12. The van der Waals surface area contributed by atoms with Crippen molar-refractivity contribution in [2.45, 2.75) is 6.92 Å². The number of fused-ring (bicyclic) bond motifs is 1. The van der Waals surface area contributed by atoms with Crippen LogP contribution in [0.25, 0.3) is 16.8 Å². The summed E-state index contributed by atoms with van der Waals surface area (Å²) in [5, 5.41) is 10.8. The molecule has 0 fully saturated rings. The Hall–Kier alpha value is -2.62. The van der Waals surface area contributed by atoms with Crippen molar-refractivity contribution in [3.63, 3.8) is 0 Å². The van der Waals surface area contributed by atoms with Crippen LogP contribution in [0.5, 0.6) is 0 Å². The lowest BCUT2D eigenvalue weighted by Crippen LogP contribution is -1.99. The first-order chi connectivity index (χ1) is 9.61. The summed E-state index contributed by atoms with van der Waals surface area (Å²) in [4.78, 5) is 22.5. The first-order valence-corrected chi connectivity index (χ1v) is 6.22. The summed E-state index contributed by atoms with van der Waals surface area (Å²) in [6.07, 6.45) is 2.88. The maximum absolute atomic E-state index is 11.3. The second kappa shape index (κ2) is 6.02. The summed E-state index contributed by atoms with van der Waals surface area (Å²) in [5.74, 6) is -1.45. The van der Waals surface area contributed by atoms with Gasteiger partial charge < -0.3 is 9.84 Å². The van der Waals surface area contributed by atoms with Crippen LogP contribution in [0.15, 0.2) is 42.5 Å². The lowest BCUT2D eigenvalue weighted by molar-refractivity contribution is -0.137. The number of esters is 1. The van der Waals surface area contributed by atoms with E-state index < -0.39 is 11.9 Å². The van der Waals surface area contributed by atoms with Crippen molar-refractivity contribution in [2.75, 3.05) is 6.61 Å². The summed E-state index contributed by atoms with van der Waals surface area (Å²) >= 11 is 0. The summed E-state index contributed by atoms with van der Waals surface area (Å²) in [7, 11) is 0. The summed E-state index contributed by atoms with van der Waals surface area (Å²) < 4.78 is 4.81. The van der Waals surface area contributed by atoms with Gasteiger partial charge in [0.25, 0.3) is 0 Å². The normalized spacial score (nSPS) is 10.8. The summed E-state index contributed by atoms with van der Waals surface area (Å²) in [6.45, 7) is 2.03. The second-order valence-electron chi connectivity index (χ2n) is 4.18. The highest BCUT2D eigenvalue weighted by Crippen LogP contribution is 2.22. The zero-order valence-corrected chi connectivity index (χ0v) is 11.0. The number of carboxylic acid groups (broad SMARTS) is 1. The molecular weight excluding hydrogens is 256 g/mol. The van der Waals surface area contributed by atoms with Crippen LogP contribution in [0.1, 0.15) is 22.8 Å². The number of rotatable bonds is 4. The monoisotopic (exact) mass is 270 g/mol. The highest BCUT2D eigenvalue weighted by Gasteiger charge is 2.07. The predicted molar refractivity (Wildman–Crippen MR) is 76.6 cm³/mol. The fraction of sp³-hybridized carbons (Fsp3) is 0.125. The molecule has 0 atom stereocenters. The van der Waals surface area contributed by atoms with Crippen molar-refractivity contribution in [3.05, 3.63) is 53.6 Å². The van der Waals surface area contributed by atoms with Crippen molar-refractivity contribution >= 4 is 28.8 Å². The van der Waals surface area contributed by atoms with E-state index >= 15 is 0 Å². The smallest absolute Gasteiger partial charge is 0.335 e. The first-order valence-electron chi connectivity index (χ1n) is 6.22. The Bertz CT molecular complexity index is 686. The van der Waals surface area contributed by atoms with Crippen LogP contribution in [-0.2, 0) is 9.53 Å². The molecule has 0 spiro atoms. The second-order valence-corrected chi connectivity index (χ2v) is 4.18. The summed E-state index contributed by atoms with van der Waals surface area (Å²) in [6, 6.07) is 10.6. The number of ether oxygens (including phenoxy) is 1. The number of carbonyl (C=O) groups excluding carboxylic acids is 1. The van der Waals surface area contributed by atoms with Gasteiger partial charge in [0.1, 0.15) is 0 Å². The van der Waals surface area contributed by atoms with E-state index in [0.717, 1.165) is 10.8 Å². The first kappa shape index (κ1) is 13.8. The molecule has 0 radical (unpaired) electrons. The molecule has 0 saturated heterocycles. The molecule has 0 bridgehead atoms. The summed E-state index contributed by atoms with van der Waals surface area (Å²) in [5.41, 5.74) is 0.862. The van der Waals surface area contributed by atoms with E-state index in [1.807, 2.05) is 24.3 Å². The minimum Gasteiger partial charge on any atom is -0.478 e. The number of carbonyl (C=O) groups is 2. The number of hydrogen-bond donors (Lipinski definition) is 1. The van der Waals surface area contributed by atoms with Gasteiger partial charge in [0.2, 0.25) is 0 Å². The van der Waals surface area contributed by atoms with Gasteiger partial charge in [-0.1, -0.05) is 24.3 Å². The molecule has 0 aliphatic heterocycles. The lowest BCUT2D eigenvalue weighted by atomic mass is 10.0. The van der Waals surface area contributed by atoms with Crippen molar-refractivity contribution in [1.29, 1.82) is 0 Å². The zero-order valence-electron chi connectivity index (χ0n) is 11.0. The Morgan fingerprint density at radius 2 is 2.00 bits per heavy atom. The van der Waals surface area contributed by atoms with E-state index in [4.69, 9.17) is 9.84 Å². The number of hydrogen-bond acceptors (Lipinski definition) is 3. The highest BCUT2D eigenvalue weighted by atomic mass is 16.5. The van der Waals surface area contributed by atoms with Crippen molar-refractivity contribution in [1.82, 2.24) is 0 Å². The third-order valence-electron chi connectivity index (χ3n) is 2.83. The van der Waals surface area contributed by atoms with Gasteiger partial charge in [-0.05, 0) is 41.5 Å². The van der Waals surface area contributed by atoms with Gasteiger partial charge in [0.05, 0.1) is 12.2 Å². The van der Waals surface area contributed by atoms with E-state index in [1.54, 1.807) is 25.1 Å². The molecule has 1 N–H and O–H groups in total. The molecule has 2 rings (SSSR count). The van der Waals surface area contributed by atoms with E-state index in [1.165, 1.54) is 6.08 Å². The Balaban J connectivity index is 2.50. The molecule has 2 aromatic rings. The van der Waals surface area contributed by atoms with Gasteiger partial charge in [-0.15, -0.1) is 0 Å². The molecule has 20 heavy (non-hydrogen) atoms. The Morgan fingerprint density at radius 3 is 2.70 bits per heavy atom. The van der Waals surface area contributed by atoms with Gasteiger partial charge in [-0.25, -0.2) is 9.59 Å². The topological polar surface area (TPSA) is 63.6 Å². The Kier molecular flexibility index (Phi) is 4.15. The van der Waals surface area contributed by atoms with Gasteiger partial charge in [0, 0.05) is 6.08 Å². The Labute approximate surface area is 116 Å². The molecule has 0 amide bonds. The fourth-order valence-electron chi connectivity index (χ4n) is 1.95. The third kappa shape index (κ3) is 3.03. The van der Waals surface area contributed by atoms with Gasteiger partial charge >= 0.3 is 11.9 Å². The van der Waals surface area contributed by atoms with Crippen LogP contribution in [0.4, 0.5) is 0 Å². The van der Waals surface area contributed by atoms with Crippen LogP contribution in [-0.4, -0.2) is 23.7 Å². The zero-order chi connectivity index (χ0) is 14.5. The molecule has 0 aliphatic rings. The maximum atomic E-state index is 11.3. The number of aromatic carboxylic acids is 1. The molecule has 2 aromatic carbocycles. The number of carboxylic acids is 1. The molecule has 0 aliphatic carbocycles. The van der Waals surface area contributed by atoms with E-state index in [2.05, 4.69) is 0 Å². The molecule has 0 heterocycles. The minimum atomic E-state index is -0.999. The van der Waals surface area contributed by atoms with Crippen molar-refractivity contribution < 1.29 is 19.4 Å². The predicted octanol–water partition coefficient (Wildman–Crippen LogP) is 3.11. The Morgan fingerprint density at radius 1 is 1.25 bits per heavy atom. The molecular formula is C16H14O4. The van der Waals surface area contributed by atoms with Crippen molar-refractivity contribution in [2.24, 2.45) is 0 Å². The quantitative estimate of drug-likeness (QED) is 0.685.